The first-order chi connectivity index (χ1) is 11.1. The zero-order valence-corrected chi connectivity index (χ0v) is 13.5. The number of rotatable bonds is 1. The molecule has 0 amide bonds. The van der Waals surface area contributed by atoms with Crippen molar-refractivity contribution in [2.24, 2.45) is 0 Å². The molecule has 0 saturated heterocycles. The van der Waals surface area contributed by atoms with Gasteiger partial charge in [0.1, 0.15) is 5.82 Å². The summed E-state index contributed by atoms with van der Waals surface area (Å²) in [4.78, 5) is 13.2. The maximum Gasteiger partial charge on any atom is 0.254 e. The van der Waals surface area contributed by atoms with E-state index in [9.17, 15) is 4.79 Å². The molecule has 23 heavy (non-hydrogen) atoms. The van der Waals surface area contributed by atoms with Crippen LogP contribution in [0.5, 0.6) is 0 Å². The second-order valence-corrected chi connectivity index (χ2v) is 6.77. The average Bonchev–Trinajstić information content (AvgIpc) is 3.05. The smallest absolute Gasteiger partial charge is 0.254 e. The lowest BCUT2D eigenvalue weighted by Crippen LogP contribution is -2.27. The van der Waals surface area contributed by atoms with Gasteiger partial charge in [-0.15, -0.1) is 5.10 Å². The molecule has 2 aliphatic rings. The number of nitrogen functional groups attached to an aromatic ring is 2. The van der Waals surface area contributed by atoms with E-state index in [1.165, 1.54) is 0 Å². The second-order valence-electron chi connectivity index (χ2n) is 6.77. The van der Waals surface area contributed by atoms with Gasteiger partial charge >= 0.3 is 0 Å². The van der Waals surface area contributed by atoms with Crippen LogP contribution in [0.25, 0.3) is 0 Å². The summed E-state index contributed by atoms with van der Waals surface area (Å²) < 4.78 is 3.31. The van der Waals surface area contributed by atoms with Crippen molar-refractivity contribution in [1.82, 2.24) is 14.5 Å². The predicted molar refractivity (Wildman–Crippen MR) is 88.9 cm³/mol. The molecule has 0 radical (unpaired) electrons. The van der Waals surface area contributed by atoms with E-state index in [4.69, 9.17) is 11.6 Å². The molecule has 1 unspecified atom stereocenters. The maximum atomic E-state index is 13.2. The fourth-order valence-corrected chi connectivity index (χ4v) is 4.14. The van der Waals surface area contributed by atoms with E-state index in [-0.39, 0.29) is 11.8 Å². The summed E-state index contributed by atoms with van der Waals surface area (Å²) in [5.74, 6) is 6.51. The molecule has 2 aliphatic carbocycles. The Labute approximate surface area is 135 Å². The quantitative estimate of drug-likeness (QED) is 0.787. The molecule has 0 saturated carbocycles. The Bertz CT molecular complexity index is 785. The molecule has 6 heteroatoms. The fraction of sp³-hybridized carbons (Fsp3) is 0.529. The van der Waals surface area contributed by atoms with Gasteiger partial charge in [-0.2, -0.15) is 0 Å². The zero-order valence-electron chi connectivity index (χ0n) is 13.5. The van der Waals surface area contributed by atoms with Crippen LogP contribution < -0.4 is 11.6 Å². The molecule has 0 aromatic carbocycles. The molecule has 0 spiro atoms. The Morgan fingerprint density at radius 2 is 1.96 bits per heavy atom. The number of aryl methyl sites for hydroxylation is 1. The molecule has 0 bridgehead atoms. The number of nitrogens with zero attached hydrogens (tertiary/aromatic N) is 3. The van der Waals surface area contributed by atoms with E-state index in [0.717, 1.165) is 73.2 Å². The van der Waals surface area contributed by atoms with E-state index in [0.29, 0.717) is 5.82 Å². The third-order valence-corrected chi connectivity index (χ3v) is 5.37. The van der Waals surface area contributed by atoms with Gasteiger partial charge in [0.05, 0.1) is 11.6 Å². The van der Waals surface area contributed by atoms with Crippen molar-refractivity contribution >= 4 is 11.7 Å². The first kappa shape index (κ1) is 14.4. The summed E-state index contributed by atoms with van der Waals surface area (Å²) in [5, 5.41) is 4.38. The van der Waals surface area contributed by atoms with E-state index < -0.39 is 0 Å². The molecular weight excluding hydrogens is 290 g/mol. The Balaban J connectivity index is 1.76. The number of nitrogens with two attached hydrogens (primary N) is 2. The van der Waals surface area contributed by atoms with Crippen LogP contribution in [-0.2, 0) is 19.3 Å². The number of hydrogen-bond donors (Lipinski definition) is 2. The Morgan fingerprint density at radius 3 is 2.78 bits per heavy atom. The van der Waals surface area contributed by atoms with Crippen molar-refractivity contribution in [3.8, 4) is 0 Å². The molecule has 2 aromatic rings. The minimum atomic E-state index is -0.160. The summed E-state index contributed by atoms with van der Waals surface area (Å²) in [6.07, 6.45) is 6.81. The number of hydrogen-bond acceptors (Lipinski definition) is 4. The highest BCUT2D eigenvalue weighted by molar-refractivity contribution is 5.87. The minimum absolute atomic E-state index is 0.0476. The number of carbonyl (C=O) groups excluding carboxylic acids is 1. The molecule has 4 rings (SSSR count). The van der Waals surface area contributed by atoms with Crippen molar-refractivity contribution in [1.29, 1.82) is 0 Å². The first-order valence-electron chi connectivity index (χ1n) is 8.44. The van der Waals surface area contributed by atoms with Crippen molar-refractivity contribution in [3.63, 3.8) is 0 Å². The van der Waals surface area contributed by atoms with Gasteiger partial charge in [-0.25, -0.2) is 4.68 Å². The van der Waals surface area contributed by atoms with Gasteiger partial charge in [0.15, 0.2) is 0 Å². The summed E-state index contributed by atoms with van der Waals surface area (Å²) in [5.41, 5.74) is 11.3. The van der Waals surface area contributed by atoms with Gasteiger partial charge in [0.25, 0.3) is 5.91 Å². The monoisotopic (exact) mass is 313 g/mol. The van der Waals surface area contributed by atoms with Crippen molar-refractivity contribution in [2.75, 3.05) is 11.6 Å². The molecule has 2 heterocycles. The van der Waals surface area contributed by atoms with Gasteiger partial charge in [0, 0.05) is 17.0 Å². The maximum absolute atomic E-state index is 13.2. The van der Waals surface area contributed by atoms with Crippen LogP contribution in [0.2, 0.25) is 0 Å². The van der Waals surface area contributed by atoms with Crippen LogP contribution in [0.1, 0.15) is 64.6 Å². The fourth-order valence-electron chi connectivity index (χ4n) is 4.14. The SMILES string of the molecule is Cc1cc2c(n1N)CCCC2C(=O)n1nc(N)c2c1CCCC2. The highest BCUT2D eigenvalue weighted by atomic mass is 16.2. The van der Waals surface area contributed by atoms with Gasteiger partial charge in [-0.05, 0) is 63.5 Å². The summed E-state index contributed by atoms with van der Waals surface area (Å²) >= 11 is 0. The Hall–Kier alpha value is -2.24. The normalized spacial score (nSPS) is 20.1. The number of anilines is 1. The van der Waals surface area contributed by atoms with Gasteiger partial charge in [-0.1, -0.05) is 0 Å². The number of fused-ring (bicyclic) bond motifs is 2. The lowest BCUT2D eigenvalue weighted by Gasteiger charge is -2.23. The molecule has 4 N–H and O–H groups in total. The van der Waals surface area contributed by atoms with Crippen molar-refractivity contribution < 1.29 is 4.79 Å². The highest BCUT2D eigenvalue weighted by Gasteiger charge is 2.33. The van der Waals surface area contributed by atoms with E-state index >= 15 is 0 Å². The Kier molecular flexibility index (Phi) is 3.21. The summed E-state index contributed by atoms with van der Waals surface area (Å²) in [6.45, 7) is 1.98. The number of carbonyl (C=O) groups is 1. The third kappa shape index (κ3) is 2.08. The minimum Gasteiger partial charge on any atom is -0.382 e. The standard InChI is InChI=1S/C17H23N5O/c1-10-9-13-11(6-4-8-14(13)21(10)19)17(23)22-15-7-3-2-5-12(15)16(18)20-22/h9,11H,2-8,19H2,1H3,(H2,18,20). The molecule has 0 fully saturated rings. The van der Waals surface area contributed by atoms with E-state index in [1.54, 1.807) is 9.36 Å². The molecular formula is C17H23N5O. The zero-order chi connectivity index (χ0) is 16.1. The average molecular weight is 313 g/mol. The third-order valence-electron chi connectivity index (χ3n) is 5.37. The molecule has 122 valence electrons. The van der Waals surface area contributed by atoms with Gasteiger partial charge in [0.2, 0.25) is 0 Å². The van der Waals surface area contributed by atoms with Crippen LogP contribution in [0, 0.1) is 6.92 Å². The van der Waals surface area contributed by atoms with Crippen molar-refractivity contribution in [3.05, 3.63) is 34.3 Å². The van der Waals surface area contributed by atoms with Crippen LogP contribution in [0.3, 0.4) is 0 Å². The van der Waals surface area contributed by atoms with Crippen LogP contribution >= 0.6 is 0 Å². The lowest BCUT2D eigenvalue weighted by atomic mass is 9.86. The van der Waals surface area contributed by atoms with Crippen molar-refractivity contribution in [2.45, 2.75) is 57.8 Å². The molecule has 6 nitrogen and oxygen atoms in total. The second kappa shape index (κ2) is 5.15. The Morgan fingerprint density at radius 1 is 1.22 bits per heavy atom. The first-order valence-corrected chi connectivity index (χ1v) is 8.44. The number of aromatic nitrogens is 3. The lowest BCUT2D eigenvalue weighted by molar-refractivity contribution is 0.0847. The largest absolute Gasteiger partial charge is 0.382 e. The molecule has 1 atom stereocenters. The van der Waals surface area contributed by atoms with Crippen LogP contribution in [0.15, 0.2) is 6.07 Å². The summed E-state index contributed by atoms with van der Waals surface area (Å²) in [6, 6.07) is 2.05. The predicted octanol–water partition coefficient (Wildman–Crippen LogP) is 1.93. The molecule has 0 aliphatic heterocycles. The van der Waals surface area contributed by atoms with E-state index in [2.05, 4.69) is 11.2 Å². The van der Waals surface area contributed by atoms with E-state index in [1.807, 2.05) is 6.92 Å². The van der Waals surface area contributed by atoms with Gasteiger partial charge < -0.3 is 11.6 Å². The topological polar surface area (TPSA) is 91.9 Å². The van der Waals surface area contributed by atoms with Crippen LogP contribution in [-0.4, -0.2) is 20.4 Å². The molecule has 2 aromatic heterocycles. The van der Waals surface area contributed by atoms with Gasteiger partial charge in [-0.3, -0.25) is 9.47 Å². The highest BCUT2D eigenvalue weighted by Crippen LogP contribution is 2.35. The van der Waals surface area contributed by atoms with Crippen LogP contribution in [0.4, 0.5) is 5.82 Å². The summed E-state index contributed by atoms with van der Waals surface area (Å²) in [7, 11) is 0.